The molecule has 1 saturated carbocycles. The highest BCUT2D eigenvalue weighted by molar-refractivity contribution is 5.85. The Morgan fingerprint density at radius 2 is 1.89 bits per heavy atom. The van der Waals surface area contributed by atoms with Crippen molar-refractivity contribution < 1.29 is 4.79 Å². The van der Waals surface area contributed by atoms with Crippen molar-refractivity contribution in [2.24, 2.45) is 11.7 Å². The number of para-hydroxylation sites is 1. The van der Waals surface area contributed by atoms with Gasteiger partial charge in [-0.25, -0.2) is 4.68 Å². The fourth-order valence-corrected chi connectivity index (χ4v) is 4.08. The van der Waals surface area contributed by atoms with Gasteiger partial charge in [0, 0.05) is 23.8 Å². The van der Waals surface area contributed by atoms with E-state index in [1.165, 1.54) is 32.1 Å². The number of carbonyl (C=O) groups is 1. The first-order valence-electron chi connectivity index (χ1n) is 9.70. The summed E-state index contributed by atoms with van der Waals surface area (Å²) in [6.45, 7) is 4.51. The average Bonchev–Trinajstić information content (AvgIpc) is 2.95. The van der Waals surface area contributed by atoms with E-state index in [-0.39, 0.29) is 24.4 Å². The normalized spacial score (nSPS) is 15.8. The van der Waals surface area contributed by atoms with E-state index in [1.54, 1.807) is 0 Å². The molecule has 1 heterocycles. The third kappa shape index (κ3) is 5.11. The number of carbonyl (C=O) groups excluding carboxylic acids is 1. The van der Waals surface area contributed by atoms with Gasteiger partial charge in [-0.05, 0) is 44.7 Å². The quantitative estimate of drug-likeness (QED) is 0.793. The van der Waals surface area contributed by atoms with Gasteiger partial charge in [0.05, 0.1) is 17.8 Å². The summed E-state index contributed by atoms with van der Waals surface area (Å²) in [6, 6.07) is 10.1. The number of halogens is 1. The number of aromatic nitrogens is 2. The number of amides is 1. The highest BCUT2D eigenvalue weighted by Crippen LogP contribution is 2.26. The number of hydrogen-bond acceptors (Lipinski definition) is 3. The van der Waals surface area contributed by atoms with Crippen LogP contribution in [0.2, 0.25) is 0 Å². The maximum Gasteiger partial charge on any atom is 0.224 e. The van der Waals surface area contributed by atoms with E-state index >= 15 is 0 Å². The lowest BCUT2D eigenvalue weighted by molar-refractivity contribution is -0.121. The lowest BCUT2D eigenvalue weighted by Gasteiger charge is -2.30. The van der Waals surface area contributed by atoms with Gasteiger partial charge < -0.3 is 11.1 Å². The number of rotatable bonds is 6. The number of nitrogens with zero attached hydrogens (tertiary/aromatic N) is 2. The standard InChI is InChI=1S/C21H30N4O.ClH/c1-15-19(16(2)25(24-15)18-11-7-4-8-12-18)13-21(26)23-20(14-22)17-9-5-3-6-10-17;/h4,7-8,11-12,17,20H,3,5-6,9-10,13-14,22H2,1-2H3,(H,23,26);1H. The van der Waals surface area contributed by atoms with Gasteiger partial charge in [-0.2, -0.15) is 5.10 Å². The zero-order valence-electron chi connectivity index (χ0n) is 16.3. The van der Waals surface area contributed by atoms with Gasteiger partial charge in [-0.3, -0.25) is 4.79 Å². The first kappa shape index (κ1) is 21.5. The molecule has 3 rings (SSSR count). The van der Waals surface area contributed by atoms with Crippen LogP contribution < -0.4 is 11.1 Å². The smallest absolute Gasteiger partial charge is 0.224 e. The lowest BCUT2D eigenvalue weighted by atomic mass is 9.84. The summed E-state index contributed by atoms with van der Waals surface area (Å²) in [6.07, 6.45) is 6.50. The van der Waals surface area contributed by atoms with Gasteiger partial charge in [-0.1, -0.05) is 37.5 Å². The molecule has 1 atom stereocenters. The van der Waals surface area contributed by atoms with Crippen LogP contribution in [-0.2, 0) is 11.2 Å². The minimum atomic E-state index is 0. The van der Waals surface area contributed by atoms with Crippen LogP contribution in [-0.4, -0.2) is 28.3 Å². The Labute approximate surface area is 168 Å². The van der Waals surface area contributed by atoms with Crippen molar-refractivity contribution in [3.63, 3.8) is 0 Å². The van der Waals surface area contributed by atoms with Gasteiger partial charge in [-0.15, -0.1) is 12.4 Å². The second-order valence-corrected chi connectivity index (χ2v) is 7.38. The van der Waals surface area contributed by atoms with E-state index in [0.717, 1.165) is 22.6 Å². The van der Waals surface area contributed by atoms with E-state index in [2.05, 4.69) is 10.4 Å². The van der Waals surface area contributed by atoms with Crippen LogP contribution in [0.1, 0.15) is 49.1 Å². The molecule has 0 aliphatic heterocycles. The van der Waals surface area contributed by atoms with Gasteiger partial charge in [0.1, 0.15) is 0 Å². The van der Waals surface area contributed by atoms with E-state index in [1.807, 2.05) is 48.9 Å². The van der Waals surface area contributed by atoms with Crippen molar-refractivity contribution in [1.82, 2.24) is 15.1 Å². The number of nitrogens with two attached hydrogens (primary N) is 1. The zero-order valence-corrected chi connectivity index (χ0v) is 17.1. The Kier molecular flexibility index (Phi) is 7.87. The maximum absolute atomic E-state index is 12.7. The average molecular weight is 391 g/mol. The van der Waals surface area contributed by atoms with Crippen molar-refractivity contribution in [2.45, 2.75) is 58.4 Å². The predicted octanol–water partition coefficient (Wildman–Crippen LogP) is 3.48. The maximum atomic E-state index is 12.7. The third-order valence-corrected chi connectivity index (χ3v) is 5.60. The van der Waals surface area contributed by atoms with Crippen molar-refractivity contribution >= 4 is 18.3 Å². The molecular weight excluding hydrogens is 360 g/mol. The molecule has 0 radical (unpaired) electrons. The molecule has 0 bridgehead atoms. The highest BCUT2D eigenvalue weighted by Gasteiger charge is 2.25. The van der Waals surface area contributed by atoms with Crippen molar-refractivity contribution in [2.75, 3.05) is 6.54 Å². The first-order chi connectivity index (χ1) is 12.6. The number of aryl methyl sites for hydroxylation is 1. The molecule has 148 valence electrons. The Bertz CT molecular complexity index is 738. The molecular formula is C21H31ClN4O. The number of benzene rings is 1. The summed E-state index contributed by atoms with van der Waals surface area (Å²) in [5.41, 5.74) is 9.90. The van der Waals surface area contributed by atoms with Gasteiger partial charge in [0.25, 0.3) is 0 Å². The predicted molar refractivity (Wildman–Crippen MR) is 112 cm³/mol. The van der Waals surface area contributed by atoms with Gasteiger partial charge in [0.15, 0.2) is 0 Å². The van der Waals surface area contributed by atoms with Crippen LogP contribution in [0, 0.1) is 19.8 Å². The van der Waals surface area contributed by atoms with E-state index in [0.29, 0.717) is 18.9 Å². The number of nitrogens with one attached hydrogen (secondary N) is 1. The number of hydrogen-bond donors (Lipinski definition) is 2. The molecule has 1 amide bonds. The Morgan fingerprint density at radius 3 is 2.52 bits per heavy atom. The third-order valence-electron chi connectivity index (χ3n) is 5.60. The fourth-order valence-electron chi connectivity index (χ4n) is 4.08. The molecule has 1 aliphatic carbocycles. The van der Waals surface area contributed by atoms with Crippen molar-refractivity contribution in [3.8, 4) is 5.69 Å². The zero-order chi connectivity index (χ0) is 18.5. The van der Waals surface area contributed by atoms with Crippen molar-refractivity contribution in [3.05, 3.63) is 47.3 Å². The Balaban J connectivity index is 0.00000261. The molecule has 2 aromatic rings. The molecule has 1 unspecified atom stereocenters. The van der Waals surface area contributed by atoms with E-state index in [9.17, 15) is 4.79 Å². The minimum Gasteiger partial charge on any atom is -0.352 e. The summed E-state index contributed by atoms with van der Waals surface area (Å²) in [4.78, 5) is 12.7. The molecule has 6 heteroatoms. The Hall–Kier alpha value is -1.85. The summed E-state index contributed by atoms with van der Waals surface area (Å²) in [7, 11) is 0. The van der Waals surface area contributed by atoms with E-state index in [4.69, 9.17) is 5.73 Å². The summed E-state index contributed by atoms with van der Waals surface area (Å²) >= 11 is 0. The largest absolute Gasteiger partial charge is 0.352 e. The lowest BCUT2D eigenvalue weighted by Crippen LogP contribution is -2.46. The van der Waals surface area contributed by atoms with Crippen LogP contribution >= 0.6 is 12.4 Å². The minimum absolute atomic E-state index is 0. The van der Waals surface area contributed by atoms with Crippen LogP contribution in [0.4, 0.5) is 0 Å². The molecule has 5 nitrogen and oxygen atoms in total. The monoisotopic (exact) mass is 390 g/mol. The van der Waals surface area contributed by atoms with Crippen LogP contribution in [0.5, 0.6) is 0 Å². The molecule has 0 spiro atoms. The molecule has 1 fully saturated rings. The van der Waals surface area contributed by atoms with Crippen LogP contribution in [0.25, 0.3) is 5.69 Å². The van der Waals surface area contributed by atoms with E-state index < -0.39 is 0 Å². The summed E-state index contributed by atoms with van der Waals surface area (Å²) in [5, 5.41) is 7.82. The SMILES string of the molecule is Cc1nn(-c2ccccc2)c(C)c1CC(=O)NC(CN)C1CCCCC1.Cl. The van der Waals surface area contributed by atoms with Gasteiger partial charge in [0.2, 0.25) is 5.91 Å². The molecule has 1 aromatic carbocycles. The molecule has 0 saturated heterocycles. The molecule has 1 aliphatic rings. The second kappa shape index (κ2) is 9.90. The summed E-state index contributed by atoms with van der Waals surface area (Å²) in [5.74, 6) is 0.566. The highest BCUT2D eigenvalue weighted by atomic mass is 35.5. The molecule has 3 N–H and O–H groups in total. The molecule has 27 heavy (non-hydrogen) atoms. The topological polar surface area (TPSA) is 72.9 Å². The first-order valence-corrected chi connectivity index (χ1v) is 9.70. The molecule has 1 aromatic heterocycles. The fraction of sp³-hybridized carbons (Fsp3) is 0.524. The van der Waals surface area contributed by atoms with Crippen LogP contribution in [0.15, 0.2) is 30.3 Å². The summed E-state index contributed by atoms with van der Waals surface area (Å²) < 4.78 is 1.92. The van der Waals surface area contributed by atoms with Gasteiger partial charge >= 0.3 is 0 Å². The van der Waals surface area contributed by atoms with Crippen molar-refractivity contribution in [1.29, 1.82) is 0 Å². The second-order valence-electron chi connectivity index (χ2n) is 7.38. The van der Waals surface area contributed by atoms with Crippen LogP contribution in [0.3, 0.4) is 0 Å². The Morgan fingerprint density at radius 1 is 1.22 bits per heavy atom.